The number of hydrogen-bond acceptors (Lipinski definition) is 8. The van der Waals surface area contributed by atoms with Gasteiger partial charge in [-0.15, -0.1) is 11.3 Å². The summed E-state index contributed by atoms with van der Waals surface area (Å²) in [5.41, 5.74) is -2.59. The Bertz CT molecular complexity index is 1190. The number of sulfonamides is 1. The largest absolute Gasteiger partial charge is 0.421 e. The first-order valence-corrected chi connectivity index (χ1v) is 14.9. The van der Waals surface area contributed by atoms with Crippen LogP contribution in [0.2, 0.25) is 0 Å². The molecule has 2 bridgehead atoms. The van der Waals surface area contributed by atoms with Crippen LogP contribution in [-0.2, 0) is 20.4 Å². The number of morpholine rings is 1. The van der Waals surface area contributed by atoms with Crippen molar-refractivity contribution in [1.82, 2.24) is 9.21 Å². The average Bonchev–Trinajstić information content (AvgIpc) is 3.40. The van der Waals surface area contributed by atoms with Crippen LogP contribution in [0, 0.1) is 0 Å². The smallest absolute Gasteiger partial charge is 0.393 e. The number of aliphatic hydroxyl groups is 2. The van der Waals surface area contributed by atoms with Gasteiger partial charge in [-0.25, -0.2) is 8.42 Å². The number of fused-ring (bicyclic) bond motifs is 2. The van der Waals surface area contributed by atoms with E-state index in [9.17, 15) is 31.8 Å². The summed E-state index contributed by atoms with van der Waals surface area (Å²) in [5.74, 6) is 0. The number of hydrogen-bond donors (Lipinski definition) is 2. The molecule has 5 rings (SSSR count). The van der Waals surface area contributed by atoms with Crippen molar-refractivity contribution in [2.24, 2.45) is 0 Å². The van der Waals surface area contributed by atoms with Crippen molar-refractivity contribution in [3.8, 4) is 0 Å². The number of thiophene rings is 1. The lowest BCUT2D eigenvalue weighted by atomic mass is 9.91. The van der Waals surface area contributed by atoms with Gasteiger partial charge in [-0.1, -0.05) is 18.2 Å². The fraction of sp³-hybridized carbons (Fsp3) is 0.600. The van der Waals surface area contributed by atoms with E-state index in [4.69, 9.17) is 4.74 Å². The lowest BCUT2D eigenvalue weighted by Gasteiger charge is -2.51. The molecule has 0 saturated carbocycles. The molecule has 1 aromatic carbocycles. The summed E-state index contributed by atoms with van der Waals surface area (Å²) in [7, 11) is -3.68. The molecule has 0 aliphatic carbocycles. The van der Waals surface area contributed by atoms with Gasteiger partial charge in [0.1, 0.15) is 4.21 Å². The molecule has 0 spiro atoms. The van der Waals surface area contributed by atoms with Gasteiger partial charge in [0.15, 0.2) is 5.60 Å². The summed E-state index contributed by atoms with van der Waals surface area (Å²) in [4.78, 5) is 4.33. The molecule has 13 heteroatoms. The summed E-state index contributed by atoms with van der Waals surface area (Å²) in [5, 5.41) is 22.1. The van der Waals surface area contributed by atoms with Gasteiger partial charge in [0.2, 0.25) is 0 Å². The molecule has 3 aliphatic rings. The minimum atomic E-state index is -4.82. The van der Waals surface area contributed by atoms with Crippen molar-refractivity contribution in [3.05, 3.63) is 47.3 Å². The highest BCUT2D eigenvalue weighted by atomic mass is 32.2. The third-order valence-corrected chi connectivity index (χ3v) is 11.2. The summed E-state index contributed by atoms with van der Waals surface area (Å²) < 4.78 is 74.2. The number of halogens is 3. The minimum Gasteiger partial charge on any atom is -0.393 e. The summed E-state index contributed by atoms with van der Waals surface area (Å²) in [6, 6.07) is 8.66. The number of nitrogens with zero attached hydrogens (tertiary/aromatic N) is 3. The van der Waals surface area contributed by atoms with Gasteiger partial charge >= 0.3 is 6.18 Å². The molecule has 2 aromatic rings. The number of piperazine rings is 1. The molecule has 8 nitrogen and oxygen atoms in total. The first-order valence-electron chi connectivity index (χ1n) is 12.6. The standard InChI is InChI=1S/C25H32F3N3O5S2/c1-24(33,25(26,27)28)17-4-6-18(7-5-17)30-9-8-29(38(34,35)23-3-2-10-37-23)13-21(30)14-31-19-11-22(32)12-20(31)16-36-15-19/h2-7,10,19-22,32-33H,8-9,11-16H2,1H3/t19-,20+,21-,22?,24+/m1/s1. The third-order valence-electron chi connectivity index (χ3n) is 7.92. The lowest BCUT2D eigenvalue weighted by Crippen LogP contribution is -2.64. The Labute approximate surface area is 224 Å². The lowest BCUT2D eigenvalue weighted by molar-refractivity contribution is -0.258. The summed E-state index contributed by atoms with van der Waals surface area (Å²) in [6.07, 6.45) is -4.09. The van der Waals surface area contributed by atoms with E-state index in [0.29, 0.717) is 44.8 Å². The van der Waals surface area contributed by atoms with E-state index >= 15 is 0 Å². The number of anilines is 1. The van der Waals surface area contributed by atoms with E-state index in [1.165, 1.54) is 16.4 Å². The molecule has 210 valence electrons. The van der Waals surface area contributed by atoms with E-state index in [2.05, 4.69) is 4.90 Å². The van der Waals surface area contributed by atoms with E-state index in [0.717, 1.165) is 18.3 Å². The van der Waals surface area contributed by atoms with E-state index < -0.39 is 27.9 Å². The number of ether oxygens (including phenoxy) is 1. The highest BCUT2D eigenvalue weighted by molar-refractivity contribution is 7.91. The fourth-order valence-electron chi connectivity index (χ4n) is 5.72. The third kappa shape index (κ3) is 5.21. The molecule has 3 fully saturated rings. The molecule has 5 atom stereocenters. The van der Waals surface area contributed by atoms with Crippen molar-refractivity contribution in [2.45, 2.75) is 60.0 Å². The van der Waals surface area contributed by atoms with Crippen LogP contribution in [0.3, 0.4) is 0 Å². The molecule has 4 heterocycles. The first-order chi connectivity index (χ1) is 17.9. The molecule has 0 radical (unpaired) electrons. The van der Waals surface area contributed by atoms with Gasteiger partial charge in [0.25, 0.3) is 10.0 Å². The minimum absolute atomic E-state index is 0.00730. The predicted molar refractivity (Wildman–Crippen MR) is 137 cm³/mol. The molecule has 2 N–H and O–H groups in total. The second kappa shape index (κ2) is 10.3. The monoisotopic (exact) mass is 575 g/mol. The van der Waals surface area contributed by atoms with Gasteiger partial charge in [-0.3, -0.25) is 4.90 Å². The maximum atomic E-state index is 13.4. The Balaban J connectivity index is 1.43. The first kappa shape index (κ1) is 27.8. The Morgan fingerprint density at radius 1 is 1.08 bits per heavy atom. The van der Waals surface area contributed by atoms with Crippen LogP contribution in [0.4, 0.5) is 18.9 Å². The summed E-state index contributed by atoms with van der Waals surface area (Å²) in [6.45, 7) is 3.01. The zero-order valence-corrected chi connectivity index (χ0v) is 22.6. The van der Waals surface area contributed by atoms with E-state index in [1.54, 1.807) is 29.6 Å². The van der Waals surface area contributed by atoms with Gasteiger partial charge in [-0.05, 0) is 48.9 Å². The van der Waals surface area contributed by atoms with Crippen molar-refractivity contribution in [3.63, 3.8) is 0 Å². The Hall–Kier alpha value is -1.74. The number of benzene rings is 1. The second-order valence-corrected chi connectivity index (χ2v) is 13.5. The summed E-state index contributed by atoms with van der Waals surface area (Å²) >= 11 is 1.16. The molecule has 1 unspecified atom stereocenters. The molecule has 0 amide bonds. The Morgan fingerprint density at radius 3 is 2.32 bits per heavy atom. The van der Waals surface area contributed by atoms with Crippen LogP contribution in [0.1, 0.15) is 25.3 Å². The normalized spacial score (nSPS) is 29.3. The molecule has 3 aliphatic heterocycles. The number of piperidine rings is 1. The zero-order valence-electron chi connectivity index (χ0n) is 20.9. The van der Waals surface area contributed by atoms with E-state index in [-0.39, 0.29) is 41.0 Å². The van der Waals surface area contributed by atoms with Crippen LogP contribution in [-0.4, -0.2) is 97.6 Å². The maximum absolute atomic E-state index is 13.4. The number of alkyl halides is 3. The average molecular weight is 576 g/mol. The van der Waals surface area contributed by atoms with Gasteiger partial charge < -0.3 is 19.8 Å². The van der Waals surface area contributed by atoms with Gasteiger partial charge in [0.05, 0.1) is 25.4 Å². The fourth-order valence-corrected chi connectivity index (χ4v) is 8.34. The van der Waals surface area contributed by atoms with Crippen LogP contribution < -0.4 is 4.90 Å². The van der Waals surface area contributed by atoms with Crippen molar-refractivity contribution < 1.29 is 36.5 Å². The van der Waals surface area contributed by atoms with Crippen molar-refractivity contribution in [2.75, 3.05) is 44.3 Å². The van der Waals surface area contributed by atoms with Crippen LogP contribution >= 0.6 is 11.3 Å². The highest BCUT2D eigenvalue weighted by Gasteiger charge is 2.51. The molecular formula is C25H32F3N3O5S2. The Morgan fingerprint density at radius 2 is 1.74 bits per heavy atom. The highest BCUT2D eigenvalue weighted by Crippen LogP contribution is 2.39. The SMILES string of the molecule is C[C@](O)(c1ccc(N2CCN(S(=O)(=O)c3cccs3)C[C@@H]2CN2[C@@H]3COC[C@H]2CC(O)C3)cc1)C(F)(F)F. The molecule has 3 saturated heterocycles. The second-order valence-electron chi connectivity index (χ2n) is 10.4. The number of aliphatic hydroxyl groups excluding tert-OH is 1. The van der Waals surface area contributed by atoms with Crippen molar-refractivity contribution >= 4 is 27.0 Å². The maximum Gasteiger partial charge on any atom is 0.421 e. The molecular weight excluding hydrogens is 543 g/mol. The molecule has 38 heavy (non-hydrogen) atoms. The van der Waals surface area contributed by atoms with Crippen LogP contribution in [0.5, 0.6) is 0 Å². The van der Waals surface area contributed by atoms with Crippen molar-refractivity contribution in [1.29, 1.82) is 0 Å². The zero-order chi connectivity index (χ0) is 27.3. The predicted octanol–water partition coefficient (Wildman–Crippen LogP) is 2.62. The number of rotatable bonds is 6. The van der Waals surface area contributed by atoms with Gasteiger partial charge in [0, 0.05) is 44.0 Å². The molecule has 1 aromatic heterocycles. The van der Waals surface area contributed by atoms with Crippen LogP contribution in [0.25, 0.3) is 0 Å². The van der Waals surface area contributed by atoms with Crippen LogP contribution in [0.15, 0.2) is 46.0 Å². The van der Waals surface area contributed by atoms with Gasteiger partial charge in [-0.2, -0.15) is 17.5 Å². The Kier molecular flexibility index (Phi) is 7.57. The quantitative estimate of drug-likeness (QED) is 0.547. The topological polar surface area (TPSA) is 93.6 Å². The van der Waals surface area contributed by atoms with E-state index in [1.807, 2.05) is 4.90 Å².